The molecule has 2 aliphatic heterocycles. The van der Waals surface area contributed by atoms with Gasteiger partial charge in [-0.2, -0.15) is 0 Å². The van der Waals surface area contributed by atoms with Gasteiger partial charge in [-0.3, -0.25) is 4.79 Å². The van der Waals surface area contributed by atoms with E-state index in [2.05, 4.69) is 5.32 Å². The van der Waals surface area contributed by atoms with Gasteiger partial charge in [-0.15, -0.1) is 0 Å². The fourth-order valence-corrected chi connectivity index (χ4v) is 3.61. The summed E-state index contributed by atoms with van der Waals surface area (Å²) >= 11 is 0. The molecule has 3 rings (SSSR count). The minimum absolute atomic E-state index is 0.328. The fourth-order valence-electron chi connectivity index (χ4n) is 3.61. The maximum atomic E-state index is 12.0. The molecule has 7 heteroatoms. The van der Waals surface area contributed by atoms with Crippen molar-refractivity contribution in [2.24, 2.45) is 11.8 Å². The zero-order valence-corrected chi connectivity index (χ0v) is 12.6. The Balaban J connectivity index is 1.97. The first-order valence-electron chi connectivity index (χ1n) is 7.19. The molecular weight excluding hydrogens is 290 g/mol. The number of aliphatic hydroxyl groups excluding tert-OH is 1. The maximum absolute atomic E-state index is 12.0. The van der Waals surface area contributed by atoms with Crippen LogP contribution in [0.15, 0.2) is 23.5 Å². The van der Waals surface area contributed by atoms with Gasteiger partial charge >= 0.3 is 5.97 Å². The first kappa shape index (κ1) is 15.1. The van der Waals surface area contributed by atoms with E-state index in [1.54, 1.807) is 19.9 Å². The van der Waals surface area contributed by atoms with Crippen LogP contribution in [-0.4, -0.2) is 46.1 Å². The van der Waals surface area contributed by atoms with Gasteiger partial charge in [0.15, 0.2) is 6.10 Å². The van der Waals surface area contributed by atoms with E-state index in [9.17, 15) is 19.8 Å². The van der Waals surface area contributed by atoms with Gasteiger partial charge in [0, 0.05) is 11.5 Å². The van der Waals surface area contributed by atoms with Crippen molar-refractivity contribution in [2.75, 3.05) is 0 Å². The molecule has 1 saturated heterocycles. The smallest absolute Gasteiger partial charge is 0.333 e. The van der Waals surface area contributed by atoms with E-state index >= 15 is 0 Å². The van der Waals surface area contributed by atoms with E-state index < -0.39 is 41.8 Å². The first-order valence-corrected chi connectivity index (χ1v) is 7.19. The van der Waals surface area contributed by atoms with Gasteiger partial charge in [0.2, 0.25) is 6.29 Å². The van der Waals surface area contributed by atoms with Crippen LogP contribution in [0.5, 0.6) is 0 Å². The molecule has 22 heavy (non-hydrogen) atoms. The van der Waals surface area contributed by atoms with Crippen molar-refractivity contribution in [3.8, 4) is 0 Å². The third kappa shape index (κ3) is 1.89. The lowest BCUT2D eigenvalue weighted by atomic mass is 9.81. The number of amides is 1. The molecule has 0 aromatic heterocycles. The van der Waals surface area contributed by atoms with Crippen LogP contribution in [0.2, 0.25) is 0 Å². The Hall–Kier alpha value is -1.86. The molecular formula is C15H19NO6. The average Bonchev–Trinajstić information content (AvgIpc) is 2.89. The second kappa shape index (κ2) is 4.82. The molecule has 1 aliphatic carbocycles. The number of carbonyl (C=O) groups is 2. The summed E-state index contributed by atoms with van der Waals surface area (Å²) < 4.78 is 10.5. The Morgan fingerprint density at radius 2 is 2.23 bits per heavy atom. The van der Waals surface area contributed by atoms with Crippen LogP contribution in [0.25, 0.3) is 0 Å². The minimum Gasteiger partial charge on any atom is -0.472 e. The van der Waals surface area contributed by atoms with Crippen molar-refractivity contribution in [3.63, 3.8) is 0 Å². The summed E-state index contributed by atoms with van der Waals surface area (Å²) in [5, 5.41) is 23.6. The normalized spacial score (nSPS) is 43.1. The molecule has 0 radical (unpaired) electrons. The van der Waals surface area contributed by atoms with Crippen molar-refractivity contribution >= 4 is 11.9 Å². The molecule has 3 N–H and O–H groups in total. The highest BCUT2D eigenvalue weighted by atomic mass is 16.6. The van der Waals surface area contributed by atoms with Crippen LogP contribution in [-0.2, 0) is 19.1 Å². The second-order valence-electron chi connectivity index (χ2n) is 6.17. The summed E-state index contributed by atoms with van der Waals surface area (Å²) in [5.74, 6) is -2.09. The number of carbonyl (C=O) groups excluding carboxylic acids is 2. The quantitative estimate of drug-likeness (QED) is 0.473. The van der Waals surface area contributed by atoms with Gasteiger partial charge in [-0.1, -0.05) is 6.08 Å². The number of allylic oxidation sites excluding steroid dienone is 1. The van der Waals surface area contributed by atoms with E-state index in [0.29, 0.717) is 11.1 Å². The lowest BCUT2D eigenvalue weighted by molar-refractivity contribution is -0.189. The Morgan fingerprint density at radius 1 is 1.55 bits per heavy atom. The first-order chi connectivity index (χ1) is 10.3. The topological polar surface area (TPSA) is 105 Å². The molecule has 6 atom stereocenters. The van der Waals surface area contributed by atoms with Crippen LogP contribution in [0.3, 0.4) is 0 Å². The molecule has 0 spiro atoms. The molecule has 2 fully saturated rings. The van der Waals surface area contributed by atoms with Crippen molar-refractivity contribution in [2.45, 2.75) is 44.8 Å². The summed E-state index contributed by atoms with van der Waals surface area (Å²) in [7, 11) is 0. The molecule has 2 heterocycles. The average molecular weight is 309 g/mol. The van der Waals surface area contributed by atoms with Crippen LogP contribution in [0, 0.1) is 11.8 Å². The van der Waals surface area contributed by atoms with Gasteiger partial charge in [-0.05, 0) is 20.8 Å². The molecule has 1 unspecified atom stereocenters. The molecule has 0 aromatic rings. The number of esters is 1. The number of hydrogen-bond donors (Lipinski definition) is 3. The van der Waals surface area contributed by atoms with Crippen LogP contribution >= 0.6 is 0 Å². The van der Waals surface area contributed by atoms with Crippen LogP contribution < -0.4 is 5.32 Å². The minimum atomic E-state index is -1.52. The van der Waals surface area contributed by atoms with Crippen LogP contribution in [0.4, 0.5) is 0 Å². The highest BCUT2D eigenvalue weighted by molar-refractivity contribution is 5.97. The van der Waals surface area contributed by atoms with Crippen molar-refractivity contribution < 1.29 is 29.3 Å². The number of hydrogen-bond acceptors (Lipinski definition) is 6. The van der Waals surface area contributed by atoms with Crippen molar-refractivity contribution in [1.82, 2.24) is 5.32 Å². The molecule has 1 amide bonds. The highest BCUT2D eigenvalue weighted by Crippen LogP contribution is 2.52. The lowest BCUT2D eigenvalue weighted by Crippen LogP contribution is -2.52. The summed E-state index contributed by atoms with van der Waals surface area (Å²) in [5.41, 5.74) is -0.754. The molecule has 3 aliphatic rings. The number of rotatable bonds is 2. The van der Waals surface area contributed by atoms with Gasteiger partial charge < -0.3 is 25.0 Å². The van der Waals surface area contributed by atoms with Crippen molar-refractivity contribution in [1.29, 1.82) is 0 Å². The van der Waals surface area contributed by atoms with E-state index in [1.165, 1.54) is 13.2 Å². The Morgan fingerprint density at radius 3 is 2.86 bits per heavy atom. The monoisotopic (exact) mass is 309 g/mol. The fraction of sp³-hybridized carbons (Fsp3) is 0.600. The van der Waals surface area contributed by atoms with Crippen molar-refractivity contribution in [3.05, 3.63) is 23.5 Å². The highest BCUT2D eigenvalue weighted by Gasteiger charge is 2.67. The summed E-state index contributed by atoms with van der Waals surface area (Å²) in [6.07, 6.45) is 0.607. The predicted molar refractivity (Wildman–Crippen MR) is 74.0 cm³/mol. The molecule has 1 saturated carbocycles. The predicted octanol–water partition coefficient (Wildman–Crippen LogP) is -0.408. The Bertz CT molecular complexity index is 593. The number of aliphatic hydroxyl groups is 2. The summed E-state index contributed by atoms with van der Waals surface area (Å²) in [6.45, 7) is 4.80. The van der Waals surface area contributed by atoms with Crippen LogP contribution in [0.1, 0.15) is 20.8 Å². The molecule has 0 aromatic carbocycles. The molecule has 0 bridgehead atoms. The number of nitrogens with one attached hydrogen (secondary N) is 1. The largest absolute Gasteiger partial charge is 0.472 e. The molecule has 7 nitrogen and oxygen atoms in total. The van der Waals surface area contributed by atoms with Gasteiger partial charge in [0.05, 0.1) is 23.8 Å². The standard InChI is InChI=1S/C15H19NO6/c1-4-6(2)13(18)22-11-10-8-7(12(17)16-10)5-21-14(19)9(8)15(11,3)20/h4-5,8-11,14,19-20H,1-3H3,(H,16,17)/b6-4+/t8-,9-,10+,11+,14?,15-/m1/s1. The van der Waals surface area contributed by atoms with Gasteiger partial charge in [-0.25, -0.2) is 4.79 Å². The summed E-state index contributed by atoms with van der Waals surface area (Å²) in [4.78, 5) is 24.0. The van der Waals surface area contributed by atoms with E-state index in [4.69, 9.17) is 9.47 Å². The number of ether oxygens (including phenoxy) is 2. The zero-order valence-electron chi connectivity index (χ0n) is 12.6. The van der Waals surface area contributed by atoms with Gasteiger partial charge in [0.1, 0.15) is 5.60 Å². The maximum Gasteiger partial charge on any atom is 0.333 e. The van der Waals surface area contributed by atoms with Gasteiger partial charge in [0.25, 0.3) is 5.91 Å². The SMILES string of the molecule is C/C=C(\C)C(=O)O[C@H]1[C@H]2NC(=O)C3=COC(O)[C@@H]([C@@H]32)[C@@]1(C)O. The third-order valence-corrected chi connectivity index (χ3v) is 4.90. The van der Waals surface area contributed by atoms with E-state index in [0.717, 1.165) is 0 Å². The molecule has 120 valence electrons. The second-order valence-corrected chi connectivity index (χ2v) is 6.17. The zero-order chi connectivity index (χ0) is 16.2. The van der Waals surface area contributed by atoms with E-state index in [-0.39, 0.29) is 5.91 Å². The van der Waals surface area contributed by atoms with E-state index in [1.807, 2.05) is 0 Å². The summed E-state index contributed by atoms with van der Waals surface area (Å²) in [6, 6.07) is -0.578. The third-order valence-electron chi connectivity index (χ3n) is 4.90. The Kier molecular flexibility index (Phi) is 3.30. The lowest BCUT2D eigenvalue weighted by Gasteiger charge is -2.36. The Labute approximate surface area is 127 Å².